The fourth-order valence-corrected chi connectivity index (χ4v) is 2.98. The maximum Gasteiger partial charge on any atom is 0.573 e. The quantitative estimate of drug-likeness (QED) is 0.639. The first-order valence-corrected chi connectivity index (χ1v) is 9.27. The predicted molar refractivity (Wildman–Crippen MR) is 107 cm³/mol. The maximum absolute atomic E-state index is 12.5. The molecular formula is C19H19ClF3N5O2. The van der Waals surface area contributed by atoms with Crippen LogP contribution >= 0.6 is 11.6 Å². The molecule has 30 heavy (non-hydrogen) atoms. The van der Waals surface area contributed by atoms with Gasteiger partial charge in [-0.15, -0.1) is 13.2 Å². The summed E-state index contributed by atoms with van der Waals surface area (Å²) < 4.78 is 47.3. The fraction of sp³-hybridized carbons (Fsp3) is 0.263. The molecule has 0 saturated carbocycles. The summed E-state index contributed by atoms with van der Waals surface area (Å²) in [5.41, 5.74) is 12.1. The van der Waals surface area contributed by atoms with Gasteiger partial charge in [0, 0.05) is 17.1 Å². The summed E-state index contributed by atoms with van der Waals surface area (Å²) in [6, 6.07) is 12.4. The molecule has 1 heterocycles. The van der Waals surface area contributed by atoms with Gasteiger partial charge in [0.25, 0.3) is 0 Å². The van der Waals surface area contributed by atoms with Crippen molar-refractivity contribution >= 4 is 23.5 Å². The molecule has 7 nitrogen and oxygen atoms in total. The number of rotatable bonds is 7. The van der Waals surface area contributed by atoms with Gasteiger partial charge < -0.3 is 25.8 Å². The molecule has 3 rings (SSSR count). The fourth-order valence-electron chi connectivity index (χ4n) is 2.85. The number of hydrogen-bond donors (Lipinski definition) is 2. The molecule has 160 valence electrons. The first kappa shape index (κ1) is 21.6. The molecule has 1 aliphatic rings. The summed E-state index contributed by atoms with van der Waals surface area (Å²) in [6.45, 7) is 0.753. The van der Waals surface area contributed by atoms with Gasteiger partial charge in [-0.1, -0.05) is 23.7 Å². The van der Waals surface area contributed by atoms with Crippen LogP contribution in [0.3, 0.4) is 0 Å². The first-order chi connectivity index (χ1) is 14.2. The average molecular weight is 442 g/mol. The molecule has 2 aromatic carbocycles. The highest BCUT2D eigenvalue weighted by Crippen LogP contribution is 2.30. The molecule has 1 unspecified atom stereocenters. The highest BCUT2D eigenvalue weighted by Gasteiger charge is 2.32. The zero-order valence-electron chi connectivity index (χ0n) is 15.6. The molecule has 0 saturated heterocycles. The molecule has 4 N–H and O–H groups in total. The van der Waals surface area contributed by atoms with Gasteiger partial charge in [-0.2, -0.15) is 4.99 Å². The van der Waals surface area contributed by atoms with Crippen LogP contribution in [0.1, 0.15) is 18.2 Å². The minimum atomic E-state index is -4.80. The van der Waals surface area contributed by atoms with Crippen LogP contribution < -0.4 is 20.9 Å². The summed E-state index contributed by atoms with van der Waals surface area (Å²) >= 11 is 5.84. The van der Waals surface area contributed by atoms with Crippen molar-refractivity contribution in [1.29, 1.82) is 0 Å². The lowest BCUT2D eigenvalue weighted by molar-refractivity contribution is -0.274. The lowest BCUT2D eigenvalue weighted by Gasteiger charge is -2.32. The summed E-state index contributed by atoms with van der Waals surface area (Å²) in [7, 11) is 0. The van der Waals surface area contributed by atoms with E-state index in [-0.39, 0.29) is 17.7 Å². The number of nitrogens with zero attached hydrogens (tertiary/aromatic N) is 3. The van der Waals surface area contributed by atoms with E-state index in [0.29, 0.717) is 35.9 Å². The van der Waals surface area contributed by atoms with Crippen LogP contribution in [-0.2, 0) is 0 Å². The van der Waals surface area contributed by atoms with Gasteiger partial charge >= 0.3 is 6.36 Å². The molecule has 2 aromatic rings. The Morgan fingerprint density at radius 2 is 1.80 bits per heavy atom. The van der Waals surface area contributed by atoms with Crippen molar-refractivity contribution in [3.8, 4) is 11.5 Å². The number of benzene rings is 2. The smallest absolute Gasteiger partial charge is 0.494 e. The number of halogens is 4. The zero-order valence-corrected chi connectivity index (χ0v) is 16.4. The maximum atomic E-state index is 12.5. The Kier molecular flexibility index (Phi) is 6.56. The molecule has 0 amide bonds. The molecule has 0 fully saturated rings. The lowest BCUT2D eigenvalue weighted by atomic mass is 10.1. The molecule has 0 aromatic heterocycles. The van der Waals surface area contributed by atoms with Gasteiger partial charge in [-0.05, 0) is 42.8 Å². The number of ether oxygens (including phenoxy) is 2. The molecular weight excluding hydrogens is 423 g/mol. The van der Waals surface area contributed by atoms with Crippen LogP contribution in [0.15, 0.2) is 58.5 Å². The Morgan fingerprint density at radius 1 is 1.07 bits per heavy atom. The van der Waals surface area contributed by atoms with E-state index in [1.807, 2.05) is 0 Å². The molecule has 11 heteroatoms. The third kappa shape index (κ3) is 5.93. The summed E-state index contributed by atoms with van der Waals surface area (Å²) in [4.78, 5) is 9.81. The Morgan fingerprint density at radius 3 is 2.50 bits per heavy atom. The SMILES string of the molecule is NC1=NC(c2cccc(OC(F)(F)F)c2)N(CCCOc2ccc(Cl)cc2)C(N)=N1. The van der Waals surface area contributed by atoms with Crippen molar-refractivity contribution in [3.63, 3.8) is 0 Å². The van der Waals surface area contributed by atoms with Crippen LogP contribution in [0, 0.1) is 0 Å². The number of alkyl halides is 3. The van der Waals surface area contributed by atoms with Crippen LogP contribution in [0.5, 0.6) is 11.5 Å². The van der Waals surface area contributed by atoms with E-state index in [4.69, 9.17) is 27.8 Å². The van der Waals surface area contributed by atoms with E-state index < -0.39 is 12.5 Å². The molecule has 1 aliphatic heterocycles. The second kappa shape index (κ2) is 9.12. The van der Waals surface area contributed by atoms with Crippen molar-refractivity contribution in [2.45, 2.75) is 18.9 Å². The van der Waals surface area contributed by atoms with E-state index >= 15 is 0 Å². The van der Waals surface area contributed by atoms with Gasteiger partial charge in [0.05, 0.1) is 6.61 Å². The summed E-state index contributed by atoms with van der Waals surface area (Å²) in [5, 5.41) is 0.606. The topological polar surface area (TPSA) is 98.5 Å². The monoisotopic (exact) mass is 441 g/mol. The minimum absolute atomic E-state index is 0.0618. The van der Waals surface area contributed by atoms with E-state index in [9.17, 15) is 13.2 Å². The van der Waals surface area contributed by atoms with Gasteiger partial charge in [0.1, 0.15) is 11.5 Å². The highest BCUT2D eigenvalue weighted by molar-refractivity contribution is 6.30. The van der Waals surface area contributed by atoms with Crippen LogP contribution in [-0.4, -0.2) is 36.3 Å². The second-order valence-corrected chi connectivity index (χ2v) is 6.74. The van der Waals surface area contributed by atoms with Crippen molar-refractivity contribution in [2.75, 3.05) is 13.2 Å². The number of aliphatic imine (C=N–C) groups is 2. The van der Waals surface area contributed by atoms with E-state index in [0.717, 1.165) is 0 Å². The largest absolute Gasteiger partial charge is 0.573 e. The molecule has 0 aliphatic carbocycles. The Hall–Kier alpha value is -3.14. The van der Waals surface area contributed by atoms with Gasteiger partial charge in [0.2, 0.25) is 11.9 Å². The Balaban J connectivity index is 1.68. The van der Waals surface area contributed by atoms with Gasteiger partial charge in [-0.3, -0.25) is 0 Å². The van der Waals surface area contributed by atoms with Crippen molar-refractivity contribution in [2.24, 2.45) is 21.5 Å². The first-order valence-electron chi connectivity index (χ1n) is 8.89. The predicted octanol–water partition coefficient (Wildman–Crippen LogP) is 3.65. The normalized spacial score (nSPS) is 16.7. The van der Waals surface area contributed by atoms with Gasteiger partial charge in [-0.25, -0.2) is 4.99 Å². The Labute approximate surface area is 175 Å². The minimum Gasteiger partial charge on any atom is -0.494 e. The van der Waals surface area contributed by atoms with E-state index in [1.54, 1.807) is 35.2 Å². The molecule has 0 radical (unpaired) electrons. The number of hydrogen-bond acceptors (Lipinski definition) is 7. The number of guanidine groups is 2. The standard InChI is InChI=1S/C19H19ClF3N5O2/c20-13-5-7-14(8-6-13)29-10-2-9-28-16(26-17(24)27-18(28)25)12-3-1-4-15(11-12)30-19(21,22)23/h1,3-8,11,16H,2,9-10H2,(H4,24,25,26,27). The third-order valence-electron chi connectivity index (χ3n) is 4.09. The van der Waals surface area contributed by atoms with Gasteiger partial charge in [0.15, 0.2) is 6.17 Å². The van der Waals surface area contributed by atoms with Crippen molar-refractivity contribution in [3.05, 3.63) is 59.1 Å². The zero-order chi connectivity index (χ0) is 21.7. The molecule has 0 bridgehead atoms. The average Bonchev–Trinajstić information content (AvgIpc) is 2.66. The Bertz CT molecular complexity index is 935. The van der Waals surface area contributed by atoms with E-state index in [2.05, 4.69) is 14.7 Å². The van der Waals surface area contributed by atoms with E-state index in [1.165, 1.54) is 18.2 Å². The number of nitrogens with two attached hydrogens (primary N) is 2. The van der Waals surface area contributed by atoms with Crippen molar-refractivity contribution in [1.82, 2.24) is 4.90 Å². The highest BCUT2D eigenvalue weighted by atomic mass is 35.5. The van der Waals surface area contributed by atoms with Crippen LogP contribution in [0.4, 0.5) is 13.2 Å². The third-order valence-corrected chi connectivity index (χ3v) is 4.34. The van der Waals surface area contributed by atoms with Crippen LogP contribution in [0.25, 0.3) is 0 Å². The van der Waals surface area contributed by atoms with Crippen molar-refractivity contribution < 1.29 is 22.6 Å². The molecule has 0 spiro atoms. The van der Waals surface area contributed by atoms with Crippen LogP contribution in [0.2, 0.25) is 5.02 Å². The summed E-state index contributed by atoms with van der Waals surface area (Å²) in [6.07, 6.45) is -4.99. The summed E-state index contributed by atoms with van der Waals surface area (Å²) in [5.74, 6) is 0.353. The second-order valence-electron chi connectivity index (χ2n) is 6.30. The molecule has 1 atom stereocenters. The lowest BCUT2D eigenvalue weighted by Crippen LogP contribution is -2.44.